The molecule has 0 aliphatic heterocycles. The second kappa shape index (κ2) is 8.28. The average Bonchev–Trinajstić information content (AvgIpc) is 2.64. The first kappa shape index (κ1) is 19.2. The zero-order valence-electron chi connectivity index (χ0n) is 13.5. The highest BCUT2D eigenvalue weighted by Gasteiger charge is 2.25. The maximum absolute atomic E-state index is 13.9. The molecule has 0 saturated heterocycles. The van der Waals surface area contributed by atoms with Crippen LogP contribution in [0.25, 0.3) is 5.76 Å². The Labute approximate surface area is 146 Å². The van der Waals surface area contributed by atoms with E-state index in [-0.39, 0.29) is 12.7 Å². The number of carbonyl (C=O) groups excluding carboxylic acids is 1. The van der Waals surface area contributed by atoms with Crippen molar-refractivity contribution in [2.45, 2.75) is 6.92 Å². The van der Waals surface area contributed by atoms with Crippen LogP contribution >= 0.6 is 0 Å². The molecular weight excluding hydrogens is 354 g/mol. The molecule has 0 aliphatic carbocycles. The summed E-state index contributed by atoms with van der Waals surface area (Å²) in [6.07, 6.45) is 0.862. The predicted molar refractivity (Wildman–Crippen MR) is 87.0 cm³/mol. The lowest BCUT2D eigenvalue weighted by Gasteiger charge is -2.09. The van der Waals surface area contributed by atoms with Crippen molar-refractivity contribution in [3.63, 3.8) is 0 Å². The average molecular weight is 367 g/mol. The maximum atomic E-state index is 13.9. The van der Waals surface area contributed by atoms with E-state index in [2.05, 4.69) is 4.99 Å². The lowest BCUT2D eigenvalue weighted by atomic mass is 10.1. The highest BCUT2D eigenvalue weighted by molar-refractivity contribution is 6.15. The van der Waals surface area contributed by atoms with Gasteiger partial charge >= 0.3 is 5.97 Å². The number of nitrogens with zero attached hydrogens (tertiary/aromatic N) is 1. The third-order valence-electron chi connectivity index (χ3n) is 3.21. The standard InChI is InChI=1S/C18H13F4NO3/c1-2-26-18(25)12(9-23-10-6-4-3-5-7-10)17(24)11-8-13(19)15(21)16(22)14(11)20/h3-9,24H,2H2,1H3/b17-12-,23-9?. The summed E-state index contributed by atoms with van der Waals surface area (Å²) in [5.74, 6) is -9.97. The van der Waals surface area contributed by atoms with Gasteiger partial charge in [-0.15, -0.1) is 0 Å². The summed E-state index contributed by atoms with van der Waals surface area (Å²) in [5, 5.41) is 10.2. The number of ether oxygens (including phenoxy) is 1. The summed E-state index contributed by atoms with van der Waals surface area (Å²) in [5.41, 5.74) is -1.30. The first-order valence-corrected chi connectivity index (χ1v) is 7.39. The van der Waals surface area contributed by atoms with E-state index in [1.807, 2.05) is 0 Å². The molecule has 26 heavy (non-hydrogen) atoms. The van der Waals surface area contributed by atoms with E-state index in [0.717, 1.165) is 6.21 Å². The normalized spacial score (nSPS) is 12.2. The largest absolute Gasteiger partial charge is 0.506 e. The number of benzene rings is 2. The summed E-state index contributed by atoms with van der Waals surface area (Å²) < 4.78 is 58.5. The van der Waals surface area contributed by atoms with Crippen molar-refractivity contribution in [1.29, 1.82) is 0 Å². The van der Waals surface area contributed by atoms with Crippen molar-refractivity contribution in [3.05, 3.63) is 70.8 Å². The third-order valence-corrected chi connectivity index (χ3v) is 3.21. The highest BCUT2D eigenvalue weighted by atomic mass is 19.2. The van der Waals surface area contributed by atoms with Gasteiger partial charge in [-0.2, -0.15) is 0 Å². The summed E-state index contributed by atoms with van der Waals surface area (Å²) in [7, 11) is 0. The van der Waals surface area contributed by atoms with Crippen LogP contribution in [0, 0.1) is 23.3 Å². The Kier molecular flexibility index (Phi) is 6.11. The van der Waals surface area contributed by atoms with Gasteiger partial charge in [0.1, 0.15) is 11.3 Å². The molecule has 1 N–H and O–H groups in total. The Morgan fingerprint density at radius 1 is 1.12 bits per heavy atom. The van der Waals surface area contributed by atoms with Crippen LogP contribution in [0.4, 0.5) is 23.2 Å². The number of carbonyl (C=O) groups is 1. The second-order valence-corrected chi connectivity index (χ2v) is 4.92. The van der Waals surface area contributed by atoms with Gasteiger partial charge < -0.3 is 9.84 Å². The summed E-state index contributed by atoms with van der Waals surface area (Å²) in [6, 6.07) is 8.42. The number of aliphatic imine (C=N–C) groups is 1. The molecule has 4 nitrogen and oxygen atoms in total. The minimum Gasteiger partial charge on any atom is -0.506 e. The van der Waals surface area contributed by atoms with Crippen molar-refractivity contribution in [1.82, 2.24) is 0 Å². The smallest absolute Gasteiger partial charge is 0.343 e. The maximum Gasteiger partial charge on any atom is 0.343 e. The molecule has 0 spiro atoms. The topological polar surface area (TPSA) is 58.9 Å². The van der Waals surface area contributed by atoms with Crippen molar-refractivity contribution < 1.29 is 32.2 Å². The van der Waals surface area contributed by atoms with Crippen LogP contribution in [0.15, 0.2) is 47.0 Å². The first-order chi connectivity index (χ1) is 12.4. The molecule has 0 unspecified atom stereocenters. The zero-order valence-corrected chi connectivity index (χ0v) is 13.5. The molecule has 0 saturated carbocycles. The molecular formula is C18H13F4NO3. The number of hydrogen-bond donors (Lipinski definition) is 1. The molecule has 8 heteroatoms. The molecule has 2 aromatic carbocycles. The van der Waals surface area contributed by atoms with Crippen LogP contribution in [0.2, 0.25) is 0 Å². The van der Waals surface area contributed by atoms with Gasteiger partial charge in [-0.25, -0.2) is 22.4 Å². The van der Waals surface area contributed by atoms with Gasteiger partial charge in [-0.05, 0) is 25.1 Å². The molecule has 136 valence electrons. The number of hydrogen-bond acceptors (Lipinski definition) is 4. The van der Waals surface area contributed by atoms with E-state index in [0.29, 0.717) is 5.69 Å². The lowest BCUT2D eigenvalue weighted by molar-refractivity contribution is -0.137. The Morgan fingerprint density at radius 3 is 2.38 bits per heavy atom. The Bertz CT molecular complexity index is 880. The Balaban J connectivity index is 2.59. The molecule has 0 bridgehead atoms. The van der Waals surface area contributed by atoms with E-state index in [9.17, 15) is 27.5 Å². The van der Waals surface area contributed by atoms with E-state index >= 15 is 0 Å². The van der Waals surface area contributed by atoms with Gasteiger partial charge in [0, 0.05) is 6.21 Å². The van der Waals surface area contributed by atoms with Gasteiger partial charge in [-0.1, -0.05) is 18.2 Å². The van der Waals surface area contributed by atoms with Crippen LogP contribution in [0.1, 0.15) is 12.5 Å². The third kappa shape index (κ3) is 4.08. The van der Waals surface area contributed by atoms with Gasteiger partial charge in [0.15, 0.2) is 23.3 Å². The van der Waals surface area contributed by atoms with Gasteiger partial charge in [0.05, 0.1) is 17.9 Å². The van der Waals surface area contributed by atoms with E-state index in [1.54, 1.807) is 30.3 Å². The van der Waals surface area contributed by atoms with Gasteiger partial charge in [0.2, 0.25) is 0 Å². The number of aliphatic hydroxyl groups excluding tert-OH is 1. The fraction of sp³-hybridized carbons (Fsp3) is 0.111. The molecule has 0 aromatic heterocycles. The van der Waals surface area contributed by atoms with Crippen molar-refractivity contribution in [2.24, 2.45) is 4.99 Å². The summed E-state index contributed by atoms with van der Waals surface area (Å²) in [6.45, 7) is 1.40. The number of para-hydroxylation sites is 1. The Hall–Kier alpha value is -3.16. The highest BCUT2D eigenvalue weighted by Crippen LogP contribution is 2.25. The zero-order chi connectivity index (χ0) is 19.3. The monoisotopic (exact) mass is 367 g/mol. The molecule has 0 amide bonds. The van der Waals surface area contributed by atoms with E-state index < -0.39 is 46.1 Å². The quantitative estimate of drug-likeness (QED) is 0.161. The summed E-state index contributed by atoms with van der Waals surface area (Å²) >= 11 is 0. The van der Waals surface area contributed by atoms with Crippen LogP contribution in [0.3, 0.4) is 0 Å². The van der Waals surface area contributed by atoms with Crippen molar-refractivity contribution in [3.8, 4) is 0 Å². The Morgan fingerprint density at radius 2 is 1.77 bits per heavy atom. The van der Waals surface area contributed by atoms with Crippen molar-refractivity contribution in [2.75, 3.05) is 6.61 Å². The second-order valence-electron chi connectivity index (χ2n) is 4.92. The molecule has 0 fully saturated rings. The molecule has 0 radical (unpaired) electrons. The van der Waals surface area contributed by atoms with Crippen LogP contribution in [-0.4, -0.2) is 23.9 Å². The predicted octanol–water partition coefficient (Wildman–Crippen LogP) is 4.48. The molecule has 0 heterocycles. The van der Waals surface area contributed by atoms with Crippen molar-refractivity contribution >= 4 is 23.6 Å². The number of halogens is 4. The number of esters is 1. The molecule has 2 rings (SSSR count). The van der Waals surface area contributed by atoms with Crippen LogP contribution in [-0.2, 0) is 9.53 Å². The minimum absolute atomic E-state index is 0.0799. The first-order valence-electron chi connectivity index (χ1n) is 7.39. The van der Waals surface area contributed by atoms with E-state index in [4.69, 9.17) is 4.74 Å². The fourth-order valence-corrected chi connectivity index (χ4v) is 1.96. The number of aliphatic hydroxyl groups is 1. The lowest BCUT2D eigenvalue weighted by Crippen LogP contribution is -2.12. The van der Waals surface area contributed by atoms with Gasteiger partial charge in [0.25, 0.3) is 0 Å². The van der Waals surface area contributed by atoms with E-state index in [1.165, 1.54) is 6.92 Å². The SMILES string of the molecule is CCOC(=O)/C(C=Nc1ccccc1)=C(\O)c1cc(F)c(F)c(F)c1F. The molecule has 0 atom stereocenters. The van der Waals surface area contributed by atoms with Crippen LogP contribution in [0.5, 0.6) is 0 Å². The van der Waals surface area contributed by atoms with Gasteiger partial charge in [-0.3, -0.25) is 4.99 Å². The molecule has 2 aromatic rings. The molecule has 0 aliphatic rings. The van der Waals surface area contributed by atoms with Crippen LogP contribution < -0.4 is 0 Å². The number of rotatable bonds is 5. The summed E-state index contributed by atoms with van der Waals surface area (Å²) in [4.78, 5) is 15.9. The minimum atomic E-state index is -2.12. The fourth-order valence-electron chi connectivity index (χ4n) is 1.96.